The van der Waals surface area contributed by atoms with Gasteiger partial charge in [-0.2, -0.15) is 0 Å². The number of amides is 1. The van der Waals surface area contributed by atoms with E-state index in [1.165, 1.54) is 12.5 Å². The van der Waals surface area contributed by atoms with E-state index in [9.17, 15) is 14.7 Å². The van der Waals surface area contributed by atoms with Crippen LogP contribution in [-0.4, -0.2) is 33.7 Å². The zero-order chi connectivity index (χ0) is 26.6. The number of aryl methyl sites for hydroxylation is 2. The van der Waals surface area contributed by atoms with E-state index in [2.05, 4.69) is 43.1 Å². The zero-order valence-corrected chi connectivity index (χ0v) is 22.2. The highest BCUT2D eigenvalue weighted by Crippen LogP contribution is 2.40. The van der Waals surface area contributed by atoms with Crippen LogP contribution in [0.15, 0.2) is 36.4 Å². The average Bonchev–Trinajstić information content (AvgIpc) is 2.79. The number of nitrogens with one attached hydrogen (secondary N) is 1. The highest BCUT2D eigenvalue weighted by atomic mass is 16.4. The highest BCUT2D eigenvalue weighted by Gasteiger charge is 2.32. The van der Waals surface area contributed by atoms with Gasteiger partial charge in [-0.15, -0.1) is 0 Å². The molecule has 0 aliphatic carbocycles. The second-order valence-corrected chi connectivity index (χ2v) is 9.93. The van der Waals surface area contributed by atoms with Gasteiger partial charge < -0.3 is 15.5 Å². The van der Waals surface area contributed by atoms with Crippen LogP contribution in [-0.2, 0) is 10.2 Å². The van der Waals surface area contributed by atoms with Crippen LogP contribution in [0, 0.1) is 31.6 Å². The van der Waals surface area contributed by atoms with E-state index in [0.29, 0.717) is 5.56 Å². The number of hydrogen-bond acceptors (Lipinski definition) is 3. The highest BCUT2D eigenvalue weighted by molar-refractivity contribution is 5.97. The molecule has 0 aliphatic heterocycles. The normalized spacial score (nSPS) is 14.0. The van der Waals surface area contributed by atoms with Crippen molar-refractivity contribution in [2.45, 2.75) is 85.3 Å². The van der Waals surface area contributed by atoms with Gasteiger partial charge in [-0.1, -0.05) is 63.8 Å². The van der Waals surface area contributed by atoms with E-state index in [0.717, 1.165) is 35.1 Å². The molecule has 2 atom stereocenters. The minimum atomic E-state index is -1.07. The van der Waals surface area contributed by atoms with E-state index in [1.54, 1.807) is 13.0 Å². The van der Waals surface area contributed by atoms with Gasteiger partial charge in [0.05, 0.1) is 0 Å². The lowest BCUT2D eigenvalue weighted by Gasteiger charge is -2.34. The Morgan fingerprint density at radius 1 is 0.971 bits per heavy atom. The van der Waals surface area contributed by atoms with Crippen molar-refractivity contribution in [1.29, 1.82) is 0 Å². The maximum Gasteiger partial charge on any atom is 0.325 e. The number of carboxylic acids is 1. The van der Waals surface area contributed by atoms with Crippen LogP contribution in [0.2, 0.25) is 0 Å². The van der Waals surface area contributed by atoms with Gasteiger partial charge in [0.1, 0.15) is 11.6 Å². The molecule has 0 aliphatic rings. The number of rotatable bonds is 8. The van der Waals surface area contributed by atoms with Crippen LogP contribution in [0.5, 0.6) is 0 Å². The van der Waals surface area contributed by atoms with Gasteiger partial charge in [-0.3, -0.25) is 9.59 Å². The lowest BCUT2D eigenvalue weighted by Crippen LogP contribution is -2.38. The van der Waals surface area contributed by atoms with E-state index in [-0.39, 0.29) is 11.3 Å². The first kappa shape index (κ1) is 28.1. The predicted molar refractivity (Wildman–Crippen MR) is 141 cm³/mol. The van der Waals surface area contributed by atoms with Crippen molar-refractivity contribution in [2.24, 2.45) is 5.92 Å². The molecule has 2 aromatic carbocycles. The van der Waals surface area contributed by atoms with Crippen LogP contribution in [0.4, 0.5) is 0 Å². The summed E-state index contributed by atoms with van der Waals surface area (Å²) in [4.78, 5) is 23.7. The van der Waals surface area contributed by atoms with Crippen molar-refractivity contribution in [3.05, 3.63) is 69.8 Å². The molecular weight excluding hydrogens is 438 g/mol. The number of aliphatic hydroxyl groups is 1. The molecule has 0 saturated carbocycles. The van der Waals surface area contributed by atoms with Crippen molar-refractivity contribution in [3.63, 3.8) is 0 Å². The Hall–Kier alpha value is -3.10. The molecule has 188 valence electrons. The molecule has 3 N–H and O–H groups in total. The zero-order valence-electron chi connectivity index (χ0n) is 22.2. The second-order valence-electron chi connectivity index (χ2n) is 9.93. The van der Waals surface area contributed by atoms with Gasteiger partial charge in [0, 0.05) is 16.5 Å². The van der Waals surface area contributed by atoms with Crippen LogP contribution in [0.1, 0.15) is 92.6 Å². The van der Waals surface area contributed by atoms with Crippen molar-refractivity contribution in [3.8, 4) is 11.8 Å². The van der Waals surface area contributed by atoms with Gasteiger partial charge in [0.25, 0.3) is 5.91 Å². The van der Waals surface area contributed by atoms with E-state index >= 15 is 0 Å². The number of aliphatic carboxylic acids is 1. The molecule has 0 spiro atoms. The van der Waals surface area contributed by atoms with Gasteiger partial charge in [-0.05, 0) is 80.8 Å². The van der Waals surface area contributed by atoms with Crippen molar-refractivity contribution in [2.75, 3.05) is 0 Å². The quantitative estimate of drug-likeness (QED) is 0.446. The minimum Gasteiger partial charge on any atom is -0.480 e. The fourth-order valence-electron chi connectivity index (χ4n) is 4.23. The molecule has 0 bridgehead atoms. The number of benzene rings is 2. The van der Waals surface area contributed by atoms with E-state index in [1.807, 2.05) is 45.9 Å². The van der Waals surface area contributed by atoms with Crippen LogP contribution in [0.3, 0.4) is 0 Å². The Bertz CT molecular complexity index is 1150. The lowest BCUT2D eigenvalue weighted by atomic mass is 9.69. The first-order valence-corrected chi connectivity index (χ1v) is 12.3. The third-order valence-corrected chi connectivity index (χ3v) is 7.30. The summed E-state index contributed by atoms with van der Waals surface area (Å²) in [6.45, 7) is 15.3. The largest absolute Gasteiger partial charge is 0.480 e. The molecule has 35 heavy (non-hydrogen) atoms. The molecule has 5 nitrogen and oxygen atoms in total. The number of carbonyl (C=O) groups excluding carboxylic acids is 1. The summed E-state index contributed by atoms with van der Waals surface area (Å²) in [6.07, 6.45) is 1.74. The number of carbonyl (C=O) groups is 2. The van der Waals surface area contributed by atoms with Crippen LogP contribution < -0.4 is 5.32 Å². The molecular formula is C30H39NO4. The summed E-state index contributed by atoms with van der Waals surface area (Å²) in [6, 6.07) is 11.1. The van der Waals surface area contributed by atoms with Gasteiger partial charge in [-0.25, -0.2) is 0 Å². The molecule has 5 heteroatoms. The summed E-state index contributed by atoms with van der Waals surface area (Å²) in [7, 11) is 0. The smallest absolute Gasteiger partial charge is 0.325 e. The molecule has 2 unspecified atom stereocenters. The van der Waals surface area contributed by atoms with Crippen LogP contribution in [0.25, 0.3) is 0 Å². The molecule has 0 fully saturated rings. The maximum atomic E-state index is 12.6. The number of hydrogen-bond donors (Lipinski definition) is 3. The Morgan fingerprint density at radius 3 is 1.97 bits per heavy atom. The van der Waals surface area contributed by atoms with Gasteiger partial charge in [0.2, 0.25) is 0 Å². The van der Waals surface area contributed by atoms with Gasteiger partial charge in [0.15, 0.2) is 0 Å². The molecule has 0 radical (unpaired) electrons. The molecule has 1 amide bonds. The fourth-order valence-corrected chi connectivity index (χ4v) is 4.23. The molecule has 2 aromatic rings. The molecule has 0 saturated heterocycles. The summed E-state index contributed by atoms with van der Waals surface area (Å²) >= 11 is 0. The van der Waals surface area contributed by atoms with Crippen molar-refractivity contribution < 1.29 is 19.8 Å². The summed E-state index contributed by atoms with van der Waals surface area (Å²) in [5.41, 5.74) is 4.23. The summed E-state index contributed by atoms with van der Waals surface area (Å²) < 4.78 is 0. The molecule has 0 aromatic heterocycles. The summed E-state index contributed by atoms with van der Waals surface area (Å²) in [5.74, 6) is 4.74. The van der Waals surface area contributed by atoms with Crippen molar-refractivity contribution in [1.82, 2.24) is 5.32 Å². The number of carboxylic acid groups (broad SMARTS) is 1. The van der Waals surface area contributed by atoms with Crippen molar-refractivity contribution >= 4 is 11.9 Å². The third kappa shape index (κ3) is 6.13. The first-order valence-electron chi connectivity index (χ1n) is 12.3. The minimum absolute atomic E-state index is 0.0306. The fraction of sp³-hybridized carbons (Fsp3) is 0.467. The first-order chi connectivity index (χ1) is 16.3. The molecule has 0 heterocycles. The van der Waals surface area contributed by atoms with E-state index in [4.69, 9.17) is 5.11 Å². The Morgan fingerprint density at radius 2 is 1.51 bits per heavy atom. The topological polar surface area (TPSA) is 86.6 Å². The summed E-state index contributed by atoms with van der Waals surface area (Å²) in [5, 5.41) is 22.1. The SMILES string of the molecule is CCC(CC)(c1ccc(C#CC(C)(O)C(C)C)c(C)c1)c1ccc(C(=O)NC(C)C(=O)O)c(C)c1. The third-order valence-electron chi connectivity index (χ3n) is 7.30. The Kier molecular flexibility index (Phi) is 8.92. The van der Waals surface area contributed by atoms with Gasteiger partial charge >= 0.3 is 5.97 Å². The predicted octanol–water partition coefficient (Wildman–Crippen LogP) is 5.37. The standard InChI is InChI=1S/C30H39NO4/c1-9-30(10-2,24-12-11-23(20(5)17-24)15-16-29(8,35)19(3)4)25-13-14-26(21(6)18-25)27(32)31-22(7)28(33)34/h11-14,17-19,22,35H,9-10H2,1-8H3,(H,31,32)(H,33,34). The second kappa shape index (κ2) is 11.1. The maximum absolute atomic E-state index is 12.6. The monoisotopic (exact) mass is 477 g/mol. The average molecular weight is 478 g/mol. The lowest BCUT2D eigenvalue weighted by molar-refractivity contribution is -0.138. The van der Waals surface area contributed by atoms with Crippen LogP contribution >= 0.6 is 0 Å². The molecule has 2 rings (SSSR count). The Labute approximate surface area is 210 Å². The van der Waals surface area contributed by atoms with E-state index < -0.39 is 23.5 Å². The Balaban J connectivity index is 2.47.